The lowest BCUT2D eigenvalue weighted by Gasteiger charge is -2.34. The Hall–Kier alpha value is -0.930. The standard InChI is InChI=1S/C15H23FN2/c1-3-18(10-12-8-9-12)15(11(2)17)13-6-4-5-7-14(13)16/h4-7,11-12,15H,3,8-10,17H2,1-2H3. The zero-order chi connectivity index (χ0) is 13.1. The molecule has 0 bridgehead atoms. The molecule has 1 fully saturated rings. The molecule has 18 heavy (non-hydrogen) atoms. The quantitative estimate of drug-likeness (QED) is 0.841. The summed E-state index contributed by atoms with van der Waals surface area (Å²) in [6.07, 6.45) is 2.61. The third-order valence-corrected chi connectivity index (χ3v) is 3.71. The Morgan fingerprint density at radius 3 is 2.56 bits per heavy atom. The van der Waals surface area contributed by atoms with Crippen molar-refractivity contribution in [1.29, 1.82) is 0 Å². The molecular formula is C15H23FN2. The van der Waals surface area contributed by atoms with E-state index in [1.165, 1.54) is 18.9 Å². The summed E-state index contributed by atoms with van der Waals surface area (Å²) in [6, 6.07) is 6.92. The molecule has 100 valence electrons. The second kappa shape index (κ2) is 5.81. The van der Waals surface area contributed by atoms with Gasteiger partial charge in [-0.15, -0.1) is 0 Å². The average Bonchev–Trinajstić information content (AvgIpc) is 3.14. The van der Waals surface area contributed by atoms with Gasteiger partial charge in [-0.2, -0.15) is 0 Å². The van der Waals surface area contributed by atoms with Gasteiger partial charge in [-0.1, -0.05) is 25.1 Å². The van der Waals surface area contributed by atoms with Gasteiger partial charge in [0.15, 0.2) is 0 Å². The van der Waals surface area contributed by atoms with E-state index in [1.807, 2.05) is 19.1 Å². The second-order valence-electron chi connectivity index (χ2n) is 5.36. The maximum Gasteiger partial charge on any atom is 0.128 e. The van der Waals surface area contributed by atoms with Crippen molar-refractivity contribution in [3.8, 4) is 0 Å². The minimum atomic E-state index is -0.144. The minimum absolute atomic E-state index is 0.0169. The SMILES string of the molecule is CCN(CC1CC1)C(c1ccccc1F)C(C)N. The number of nitrogens with zero attached hydrogens (tertiary/aromatic N) is 1. The molecule has 1 aromatic rings. The van der Waals surface area contributed by atoms with E-state index in [0.717, 1.165) is 24.6 Å². The molecule has 1 aromatic carbocycles. The number of likely N-dealkylation sites (N-methyl/N-ethyl adjacent to an activating group) is 1. The molecule has 0 aromatic heterocycles. The molecule has 2 N–H and O–H groups in total. The van der Waals surface area contributed by atoms with Gasteiger partial charge < -0.3 is 5.73 Å². The predicted octanol–water partition coefficient (Wildman–Crippen LogP) is 2.95. The Morgan fingerprint density at radius 1 is 1.39 bits per heavy atom. The van der Waals surface area contributed by atoms with Crippen molar-refractivity contribution in [3.05, 3.63) is 35.6 Å². The van der Waals surface area contributed by atoms with Crippen LogP contribution in [-0.2, 0) is 0 Å². The highest BCUT2D eigenvalue weighted by Gasteiger charge is 2.30. The molecule has 0 spiro atoms. The molecule has 2 unspecified atom stereocenters. The lowest BCUT2D eigenvalue weighted by Crippen LogP contribution is -2.41. The normalized spacial score (nSPS) is 18.9. The molecule has 2 atom stereocenters. The fourth-order valence-corrected chi connectivity index (χ4v) is 2.60. The van der Waals surface area contributed by atoms with Gasteiger partial charge in [-0.3, -0.25) is 4.90 Å². The van der Waals surface area contributed by atoms with Crippen molar-refractivity contribution in [3.63, 3.8) is 0 Å². The topological polar surface area (TPSA) is 29.3 Å². The Morgan fingerprint density at radius 2 is 2.06 bits per heavy atom. The molecule has 0 radical (unpaired) electrons. The van der Waals surface area contributed by atoms with Gasteiger partial charge >= 0.3 is 0 Å². The van der Waals surface area contributed by atoms with Crippen LogP contribution in [0.2, 0.25) is 0 Å². The van der Waals surface area contributed by atoms with E-state index < -0.39 is 0 Å². The highest BCUT2D eigenvalue weighted by atomic mass is 19.1. The van der Waals surface area contributed by atoms with E-state index in [0.29, 0.717) is 0 Å². The minimum Gasteiger partial charge on any atom is -0.326 e. The van der Waals surface area contributed by atoms with Crippen LogP contribution in [0.15, 0.2) is 24.3 Å². The van der Waals surface area contributed by atoms with Crippen LogP contribution in [0.1, 0.15) is 38.3 Å². The summed E-state index contributed by atoms with van der Waals surface area (Å²) >= 11 is 0. The first-order chi connectivity index (χ1) is 8.63. The van der Waals surface area contributed by atoms with Crippen molar-refractivity contribution >= 4 is 0 Å². The Balaban J connectivity index is 2.23. The third-order valence-electron chi connectivity index (χ3n) is 3.71. The van der Waals surface area contributed by atoms with Crippen molar-refractivity contribution < 1.29 is 4.39 Å². The smallest absolute Gasteiger partial charge is 0.128 e. The van der Waals surface area contributed by atoms with Gasteiger partial charge in [0.1, 0.15) is 5.82 Å². The van der Waals surface area contributed by atoms with Gasteiger partial charge in [0.05, 0.1) is 6.04 Å². The van der Waals surface area contributed by atoms with Crippen LogP contribution in [0.25, 0.3) is 0 Å². The molecule has 0 aliphatic heterocycles. The van der Waals surface area contributed by atoms with Crippen molar-refractivity contribution in [2.24, 2.45) is 11.7 Å². The third kappa shape index (κ3) is 3.09. The molecule has 2 rings (SSSR count). The maximum absolute atomic E-state index is 14.0. The molecule has 0 heterocycles. The summed E-state index contributed by atoms with van der Waals surface area (Å²) in [7, 11) is 0. The predicted molar refractivity (Wildman–Crippen MR) is 72.8 cm³/mol. The molecule has 3 heteroatoms. The summed E-state index contributed by atoms with van der Waals surface area (Å²) in [5.74, 6) is 0.645. The first-order valence-electron chi connectivity index (χ1n) is 6.87. The Bertz CT molecular complexity index is 388. The molecule has 1 aliphatic carbocycles. The van der Waals surface area contributed by atoms with Crippen LogP contribution >= 0.6 is 0 Å². The summed E-state index contributed by atoms with van der Waals surface area (Å²) in [6.45, 7) is 6.04. The van der Waals surface area contributed by atoms with Gasteiger partial charge in [-0.25, -0.2) is 4.39 Å². The monoisotopic (exact) mass is 250 g/mol. The zero-order valence-corrected chi connectivity index (χ0v) is 11.3. The molecule has 1 aliphatic rings. The van der Waals surface area contributed by atoms with Crippen molar-refractivity contribution in [2.45, 2.75) is 38.8 Å². The maximum atomic E-state index is 14.0. The number of nitrogens with two attached hydrogens (primary N) is 1. The summed E-state index contributed by atoms with van der Waals surface area (Å²) in [5, 5.41) is 0. The highest BCUT2D eigenvalue weighted by molar-refractivity contribution is 5.22. The van der Waals surface area contributed by atoms with Crippen LogP contribution in [0, 0.1) is 11.7 Å². The second-order valence-corrected chi connectivity index (χ2v) is 5.36. The number of benzene rings is 1. The number of halogens is 1. The first-order valence-corrected chi connectivity index (χ1v) is 6.87. The highest BCUT2D eigenvalue weighted by Crippen LogP contribution is 2.34. The van der Waals surface area contributed by atoms with Crippen LogP contribution in [0.5, 0.6) is 0 Å². The largest absolute Gasteiger partial charge is 0.326 e. The molecule has 1 saturated carbocycles. The van der Waals surface area contributed by atoms with Crippen molar-refractivity contribution in [1.82, 2.24) is 4.90 Å². The summed E-state index contributed by atoms with van der Waals surface area (Å²) in [5.41, 5.74) is 6.83. The van der Waals surface area contributed by atoms with E-state index in [4.69, 9.17) is 5.73 Å². The van der Waals surface area contributed by atoms with Crippen LogP contribution < -0.4 is 5.73 Å². The van der Waals surface area contributed by atoms with E-state index >= 15 is 0 Å². The van der Waals surface area contributed by atoms with Gasteiger partial charge in [0.25, 0.3) is 0 Å². The van der Waals surface area contributed by atoms with Crippen LogP contribution in [0.4, 0.5) is 4.39 Å². The van der Waals surface area contributed by atoms with E-state index in [1.54, 1.807) is 6.07 Å². The van der Waals surface area contributed by atoms with Crippen LogP contribution in [0.3, 0.4) is 0 Å². The van der Waals surface area contributed by atoms with Crippen LogP contribution in [-0.4, -0.2) is 24.0 Å². The fourth-order valence-electron chi connectivity index (χ4n) is 2.60. The van der Waals surface area contributed by atoms with Crippen molar-refractivity contribution in [2.75, 3.05) is 13.1 Å². The summed E-state index contributed by atoms with van der Waals surface area (Å²) < 4.78 is 14.0. The summed E-state index contributed by atoms with van der Waals surface area (Å²) in [4.78, 5) is 2.32. The Kier molecular flexibility index (Phi) is 4.36. The fraction of sp³-hybridized carbons (Fsp3) is 0.600. The van der Waals surface area contributed by atoms with Gasteiger partial charge in [-0.05, 0) is 38.3 Å². The van der Waals surface area contributed by atoms with Gasteiger partial charge in [0, 0.05) is 18.2 Å². The number of hydrogen-bond donors (Lipinski definition) is 1. The van der Waals surface area contributed by atoms with E-state index in [-0.39, 0.29) is 17.9 Å². The average molecular weight is 250 g/mol. The number of rotatable bonds is 6. The lowest BCUT2D eigenvalue weighted by molar-refractivity contribution is 0.174. The first kappa shape index (κ1) is 13.5. The lowest BCUT2D eigenvalue weighted by atomic mass is 9.98. The molecular weight excluding hydrogens is 227 g/mol. The Labute approximate surface area is 109 Å². The molecule has 0 saturated heterocycles. The van der Waals surface area contributed by atoms with E-state index in [2.05, 4.69) is 11.8 Å². The van der Waals surface area contributed by atoms with Gasteiger partial charge in [0.2, 0.25) is 0 Å². The molecule has 0 amide bonds. The van der Waals surface area contributed by atoms with E-state index in [9.17, 15) is 4.39 Å². The zero-order valence-electron chi connectivity index (χ0n) is 11.3. The number of hydrogen-bond acceptors (Lipinski definition) is 2. The molecule has 2 nitrogen and oxygen atoms in total.